The molecule has 3 rings (SSSR count). The first-order valence-electron chi connectivity index (χ1n) is 7.23. The number of H-pyrrole nitrogens is 1. The third-order valence-electron chi connectivity index (χ3n) is 3.44. The van der Waals surface area contributed by atoms with E-state index in [9.17, 15) is 0 Å². The third kappa shape index (κ3) is 3.15. The monoisotopic (exact) mass is 380 g/mol. The van der Waals surface area contributed by atoms with Crippen LogP contribution < -0.4 is 0 Å². The van der Waals surface area contributed by atoms with E-state index in [2.05, 4.69) is 20.4 Å². The summed E-state index contributed by atoms with van der Waals surface area (Å²) >= 11 is 17.7. The lowest BCUT2D eigenvalue weighted by Gasteiger charge is -2.03. The van der Waals surface area contributed by atoms with Crippen molar-refractivity contribution in [1.29, 1.82) is 0 Å². The number of aromatic amines is 1. The Labute approximate surface area is 153 Å². The number of nitrogens with one attached hydrogen (secondary N) is 1. The van der Waals surface area contributed by atoms with Crippen LogP contribution in [0.3, 0.4) is 0 Å². The van der Waals surface area contributed by atoms with Gasteiger partial charge in [-0.3, -0.25) is 5.10 Å². The second kappa shape index (κ2) is 6.88. The topological polar surface area (TPSA) is 63.8 Å². The first-order chi connectivity index (χ1) is 11.5. The van der Waals surface area contributed by atoms with E-state index < -0.39 is 0 Å². The van der Waals surface area contributed by atoms with Gasteiger partial charge in [0.2, 0.25) is 4.77 Å². The minimum atomic E-state index is 0.430. The van der Waals surface area contributed by atoms with Gasteiger partial charge in [0.25, 0.3) is 0 Å². The van der Waals surface area contributed by atoms with E-state index in [0.29, 0.717) is 26.9 Å². The van der Waals surface area contributed by atoms with Crippen molar-refractivity contribution in [3.05, 3.63) is 56.3 Å². The number of aromatic nitrogens is 5. The van der Waals surface area contributed by atoms with E-state index in [1.54, 1.807) is 27.7 Å². The third-order valence-corrected chi connectivity index (χ3v) is 4.30. The Morgan fingerprint density at radius 3 is 2.88 bits per heavy atom. The lowest BCUT2D eigenvalue weighted by molar-refractivity contribution is 0.780. The van der Waals surface area contributed by atoms with Crippen LogP contribution in [0, 0.1) is 11.7 Å². The van der Waals surface area contributed by atoms with Gasteiger partial charge in [-0.1, -0.05) is 36.2 Å². The molecule has 0 radical (unpaired) electrons. The quantitative estimate of drug-likeness (QED) is 0.545. The Kier molecular flexibility index (Phi) is 4.84. The number of rotatable bonds is 4. The molecule has 0 aliphatic carbocycles. The van der Waals surface area contributed by atoms with Gasteiger partial charge in [-0.05, 0) is 37.3 Å². The maximum absolute atomic E-state index is 6.48. The highest BCUT2D eigenvalue weighted by Gasteiger charge is 2.14. The summed E-state index contributed by atoms with van der Waals surface area (Å²) in [6.07, 6.45) is 2.34. The number of hydrogen-bond donors (Lipinski definition) is 1. The highest BCUT2D eigenvalue weighted by Crippen LogP contribution is 2.23. The van der Waals surface area contributed by atoms with Gasteiger partial charge >= 0.3 is 0 Å². The molecule has 0 saturated carbocycles. The summed E-state index contributed by atoms with van der Waals surface area (Å²) in [4.78, 5) is 0. The Balaban J connectivity index is 2.02. The fourth-order valence-corrected chi connectivity index (χ4v) is 2.93. The first-order valence-corrected chi connectivity index (χ1v) is 8.39. The molecule has 0 fully saturated rings. The van der Waals surface area contributed by atoms with E-state index in [-0.39, 0.29) is 0 Å². The van der Waals surface area contributed by atoms with Gasteiger partial charge in [-0.25, -0.2) is 4.68 Å². The predicted molar refractivity (Wildman–Crippen MR) is 98.1 cm³/mol. The second-order valence-electron chi connectivity index (χ2n) is 5.04. The Bertz CT molecular complexity index is 969. The molecule has 1 aromatic carbocycles. The van der Waals surface area contributed by atoms with Crippen LogP contribution in [-0.4, -0.2) is 30.9 Å². The predicted octanol–water partition coefficient (Wildman–Crippen LogP) is 4.19. The minimum Gasteiger partial charge on any atom is -0.250 e. The molecular formula is C15H14Cl2N6S. The zero-order valence-corrected chi connectivity index (χ0v) is 15.3. The normalized spacial score (nSPS) is 11.5. The standard InChI is InChI=1S/C15H14Cl2N6S/c1-3-13-19-20-15(24)23(13)18-8-12-9(2)21-22(14(12)17)11-6-4-5-10(16)7-11/h4-8H,3H2,1-2H3,(H,20,24)/b18-8+. The van der Waals surface area contributed by atoms with Gasteiger partial charge < -0.3 is 0 Å². The summed E-state index contributed by atoms with van der Waals surface area (Å²) in [7, 11) is 0. The molecule has 124 valence electrons. The molecule has 0 aliphatic rings. The van der Waals surface area contributed by atoms with Crippen LogP contribution in [0.5, 0.6) is 0 Å². The highest BCUT2D eigenvalue weighted by atomic mass is 35.5. The summed E-state index contributed by atoms with van der Waals surface area (Å²) in [5, 5.41) is 16.8. The average molecular weight is 381 g/mol. The second-order valence-corrected chi connectivity index (χ2v) is 6.22. The molecule has 0 unspecified atom stereocenters. The van der Waals surface area contributed by atoms with Crippen molar-refractivity contribution in [3.63, 3.8) is 0 Å². The zero-order chi connectivity index (χ0) is 17.3. The molecule has 9 heteroatoms. The van der Waals surface area contributed by atoms with Crippen molar-refractivity contribution in [2.24, 2.45) is 5.10 Å². The fourth-order valence-electron chi connectivity index (χ4n) is 2.22. The van der Waals surface area contributed by atoms with Crippen molar-refractivity contribution in [1.82, 2.24) is 24.7 Å². The van der Waals surface area contributed by atoms with E-state index in [0.717, 1.165) is 17.2 Å². The van der Waals surface area contributed by atoms with Crippen LogP contribution in [0.4, 0.5) is 0 Å². The lowest BCUT2D eigenvalue weighted by Crippen LogP contribution is -1.98. The Morgan fingerprint density at radius 1 is 1.38 bits per heavy atom. The van der Waals surface area contributed by atoms with E-state index >= 15 is 0 Å². The molecule has 0 aliphatic heterocycles. The molecule has 2 heterocycles. The van der Waals surface area contributed by atoms with Gasteiger partial charge in [-0.15, -0.1) is 0 Å². The van der Waals surface area contributed by atoms with Crippen molar-refractivity contribution >= 4 is 41.6 Å². The minimum absolute atomic E-state index is 0.430. The maximum atomic E-state index is 6.48. The van der Waals surface area contributed by atoms with Crippen molar-refractivity contribution in [3.8, 4) is 5.69 Å². The number of benzene rings is 1. The van der Waals surface area contributed by atoms with Gasteiger partial charge in [0.15, 0.2) is 5.82 Å². The SMILES string of the molecule is CCc1n[nH]c(=S)n1/N=C/c1c(C)nn(-c2cccc(Cl)c2)c1Cl. The molecule has 3 aromatic rings. The molecule has 24 heavy (non-hydrogen) atoms. The molecular weight excluding hydrogens is 367 g/mol. The summed E-state index contributed by atoms with van der Waals surface area (Å²) in [6.45, 7) is 3.84. The summed E-state index contributed by atoms with van der Waals surface area (Å²) in [5.74, 6) is 0.743. The number of aryl methyl sites for hydroxylation is 2. The van der Waals surface area contributed by atoms with Gasteiger partial charge in [0.1, 0.15) is 5.15 Å². The summed E-state index contributed by atoms with van der Waals surface area (Å²) in [6, 6.07) is 7.32. The molecule has 1 N–H and O–H groups in total. The molecule has 2 aromatic heterocycles. The molecule has 0 amide bonds. The van der Waals surface area contributed by atoms with Gasteiger partial charge in [0.05, 0.1) is 23.2 Å². The van der Waals surface area contributed by atoms with Crippen LogP contribution >= 0.6 is 35.4 Å². The number of nitrogens with zero attached hydrogens (tertiary/aromatic N) is 5. The van der Waals surface area contributed by atoms with Crippen molar-refractivity contribution < 1.29 is 0 Å². The van der Waals surface area contributed by atoms with Gasteiger partial charge in [-0.2, -0.15) is 20.0 Å². The summed E-state index contributed by atoms with van der Waals surface area (Å²) < 4.78 is 3.63. The van der Waals surface area contributed by atoms with Crippen LogP contribution in [0.2, 0.25) is 10.2 Å². The fraction of sp³-hybridized carbons (Fsp3) is 0.200. The summed E-state index contributed by atoms with van der Waals surface area (Å²) in [5.41, 5.74) is 2.24. The van der Waals surface area contributed by atoms with E-state index in [1.807, 2.05) is 26.0 Å². The Hall–Kier alpha value is -1.96. The lowest BCUT2D eigenvalue weighted by atomic mass is 10.3. The first kappa shape index (κ1) is 16.9. The van der Waals surface area contributed by atoms with Crippen molar-refractivity contribution in [2.75, 3.05) is 0 Å². The zero-order valence-electron chi connectivity index (χ0n) is 13.0. The van der Waals surface area contributed by atoms with Crippen molar-refractivity contribution in [2.45, 2.75) is 20.3 Å². The highest BCUT2D eigenvalue weighted by molar-refractivity contribution is 7.71. The molecule has 0 bridgehead atoms. The smallest absolute Gasteiger partial charge is 0.216 e. The van der Waals surface area contributed by atoms with Crippen LogP contribution in [-0.2, 0) is 6.42 Å². The number of hydrogen-bond acceptors (Lipinski definition) is 4. The van der Waals surface area contributed by atoms with Crippen LogP contribution in [0.25, 0.3) is 5.69 Å². The molecule has 0 spiro atoms. The number of halogens is 2. The van der Waals surface area contributed by atoms with E-state index in [4.69, 9.17) is 35.4 Å². The van der Waals surface area contributed by atoms with Gasteiger partial charge in [0, 0.05) is 11.4 Å². The molecule has 6 nitrogen and oxygen atoms in total. The van der Waals surface area contributed by atoms with E-state index in [1.165, 1.54) is 0 Å². The Morgan fingerprint density at radius 2 is 2.17 bits per heavy atom. The molecule has 0 atom stereocenters. The average Bonchev–Trinajstić information content (AvgIpc) is 3.05. The maximum Gasteiger partial charge on any atom is 0.216 e. The largest absolute Gasteiger partial charge is 0.250 e. The molecule has 0 saturated heterocycles. The van der Waals surface area contributed by atoms with Crippen LogP contribution in [0.1, 0.15) is 24.0 Å². The van der Waals surface area contributed by atoms with Crippen LogP contribution in [0.15, 0.2) is 29.4 Å².